The number of hydrogen-bond donors (Lipinski definition) is 0. The van der Waals surface area contributed by atoms with Gasteiger partial charge in [0.2, 0.25) is 11.4 Å². The fourth-order valence-electron chi connectivity index (χ4n) is 8.67. The van der Waals surface area contributed by atoms with Crippen LogP contribution in [0.15, 0.2) is 60.2 Å². The Balaban J connectivity index is 0.00000387. The Morgan fingerprint density at radius 1 is 0.373 bits per heavy atom. The topological polar surface area (TPSA) is 25.3 Å². The van der Waals surface area contributed by atoms with E-state index >= 15 is 0 Å². The van der Waals surface area contributed by atoms with Gasteiger partial charge in [0.15, 0.2) is 0 Å². The van der Waals surface area contributed by atoms with Gasteiger partial charge >= 0.3 is 26.2 Å². The van der Waals surface area contributed by atoms with E-state index in [4.69, 9.17) is 0 Å². The second-order valence-corrected chi connectivity index (χ2v) is 18.9. The molecule has 3 rings (SSSR count). The third-order valence-corrected chi connectivity index (χ3v) is 12.5. The van der Waals surface area contributed by atoms with Crippen molar-refractivity contribution in [2.24, 2.45) is 0 Å². The first-order valence-electron chi connectivity index (χ1n) is 25.4. The van der Waals surface area contributed by atoms with Gasteiger partial charge in [0.25, 0.3) is 0 Å². The van der Waals surface area contributed by atoms with Crippen LogP contribution in [0.4, 0.5) is 0 Å². The van der Waals surface area contributed by atoms with Crippen molar-refractivity contribution < 1.29 is 19.1 Å². The van der Waals surface area contributed by atoms with Crippen LogP contribution >= 0.6 is 0 Å². The third-order valence-electron chi connectivity index (χ3n) is 12.5. The molecule has 0 N–H and O–H groups in total. The van der Waals surface area contributed by atoms with E-state index in [2.05, 4.69) is 87.2 Å². The minimum atomic E-state index is 0.910. The maximum atomic E-state index is 11.6. The summed E-state index contributed by atoms with van der Waals surface area (Å²) in [7, 11) is 0. The molecule has 3 heteroatoms. The summed E-state index contributed by atoms with van der Waals surface area (Å²) in [4.78, 5) is 0. The number of nitrogens with zero attached hydrogens (tertiary/aromatic N) is 2. The second-order valence-electron chi connectivity index (χ2n) is 17.9. The first-order chi connectivity index (χ1) is 29.1. The average molecular weight is 854 g/mol. The predicted molar refractivity (Wildman–Crippen MR) is 260 cm³/mol. The van der Waals surface area contributed by atoms with Crippen molar-refractivity contribution in [3.05, 3.63) is 88.0 Å². The van der Waals surface area contributed by atoms with E-state index in [1.54, 1.807) is 14.4 Å². The van der Waals surface area contributed by atoms with E-state index in [9.17, 15) is 5.53 Å². The molecule has 0 spiro atoms. The first kappa shape index (κ1) is 53.2. The molecule has 2 aromatic rings. The van der Waals surface area contributed by atoms with Crippen molar-refractivity contribution >= 4 is 11.4 Å². The molecule has 1 aliphatic rings. The SMILES string of the molecule is CCCCCCCCCCCCCCCCCCCCCCCCCCCCCCC1=C(c2ccc(CCCC)cc2)[N+](=[N-])C(c2ccc(CCCC)cc2)=C1.[CH3][Ni][CH3]. The third kappa shape index (κ3) is 25.5. The summed E-state index contributed by atoms with van der Waals surface area (Å²) in [5.74, 6) is 4.12. The minimum absolute atomic E-state index is 0.910. The van der Waals surface area contributed by atoms with E-state index in [0.29, 0.717) is 0 Å². The molecule has 0 aromatic heterocycles. The van der Waals surface area contributed by atoms with Gasteiger partial charge in [0, 0.05) is 22.8 Å². The number of hydrogen-bond acceptors (Lipinski definition) is 0. The predicted octanol–water partition coefficient (Wildman–Crippen LogP) is 19.7. The normalized spacial score (nSPS) is 12.7. The molecule has 59 heavy (non-hydrogen) atoms. The van der Waals surface area contributed by atoms with Crippen LogP contribution in [-0.2, 0) is 27.3 Å². The molecule has 0 aliphatic carbocycles. The standard InChI is InChI=1S/C54H88N2.2CH3.Ni/c1-4-7-10-11-12-13-14-15-16-17-18-19-20-21-22-23-24-25-26-27-28-29-30-31-32-33-34-35-38-52-47-53(50-43-39-48(40-44-50)36-8-5-2)56(55)54(52)51-45-41-49(42-46-51)37-9-6-3;;;/h39-47H,4-38H2,1-3H3;2*1H3;. The van der Waals surface area contributed by atoms with Gasteiger partial charge < -0.3 is 5.53 Å². The van der Waals surface area contributed by atoms with Crippen LogP contribution in [0, 0.1) is 0 Å². The summed E-state index contributed by atoms with van der Waals surface area (Å²) >= 11 is 1.62. The van der Waals surface area contributed by atoms with E-state index in [1.165, 1.54) is 227 Å². The zero-order valence-corrected chi connectivity index (χ0v) is 40.6. The van der Waals surface area contributed by atoms with Crippen molar-refractivity contribution in [1.29, 1.82) is 0 Å². The Hall–Kier alpha value is -1.99. The fourth-order valence-corrected chi connectivity index (χ4v) is 8.67. The molecule has 0 fully saturated rings. The monoisotopic (exact) mass is 853 g/mol. The Bertz CT molecular complexity index is 1340. The number of allylic oxidation sites excluding steroid dienone is 2. The molecule has 0 bridgehead atoms. The number of unbranched alkanes of at least 4 members (excludes halogenated alkanes) is 29. The van der Waals surface area contributed by atoms with Gasteiger partial charge in [-0.3, -0.25) is 0 Å². The molecule has 1 heterocycles. The Kier molecular flexibility index (Phi) is 34.0. The molecular weight excluding hydrogens is 759 g/mol. The van der Waals surface area contributed by atoms with Crippen LogP contribution in [0.1, 0.15) is 255 Å². The molecule has 0 saturated carbocycles. The van der Waals surface area contributed by atoms with Gasteiger partial charge in [-0.1, -0.05) is 231 Å². The molecule has 0 saturated heterocycles. The Morgan fingerprint density at radius 2 is 0.661 bits per heavy atom. The van der Waals surface area contributed by atoms with E-state index in [0.717, 1.165) is 41.8 Å². The van der Waals surface area contributed by atoms with Gasteiger partial charge in [-0.25, -0.2) is 4.70 Å². The molecule has 0 amide bonds. The van der Waals surface area contributed by atoms with Crippen LogP contribution in [-0.4, -0.2) is 4.70 Å². The summed E-state index contributed by atoms with van der Waals surface area (Å²) in [6, 6.07) is 17.8. The first-order valence-corrected chi connectivity index (χ1v) is 27.4. The molecule has 0 radical (unpaired) electrons. The van der Waals surface area contributed by atoms with E-state index in [-0.39, 0.29) is 0 Å². The van der Waals surface area contributed by atoms with Crippen molar-refractivity contribution in [3.63, 3.8) is 0 Å². The van der Waals surface area contributed by atoms with Crippen molar-refractivity contribution in [2.75, 3.05) is 0 Å². The number of rotatable bonds is 37. The molecule has 1 aliphatic heterocycles. The molecule has 0 unspecified atom stereocenters. The Morgan fingerprint density at radius 3 is 0.983 bits per heavy atom. The van der Waals surface area contributed by atoms with Crippen LogP contribution in [0.2, 0.25) is 11.8 Å². The van der Waals surface area contributed by atoms with E-state index in [1.807, 2.05) is 0 Å². The van der Waals surface area contributed by atoms with Gasteiger partial charge in [0.1, 0.15) is 0 Å². The van der Waals surface area contributed by atoms with Gasteiger partial charge in [-0.05, 0) is 73.9 Å². The second kappa shape index (κ2) is 37.7. The zero-order valence-electron chi connectivity index (χ0n) is 39.7. The molecular formula is C56H94N2Ni. The van der Waals surface area contributed by atoms with Crippen LogP contribution in [0.5, 0.6) is 0 Å². The summed E-state index contributed by atoms with van der Waals surface area (Å²) < 4.78 is 1.47. The van der Waals surface area contributed by atoms with Crippen LogP contribution < -0.4 is 0 Å². The van der Waals surface area contributed by atoms with Gasteiger partial charge in [0.05, 0.1) is 0 Å². The molecule has 0 atom stereocenters. The summed E-state index contributed by atoms with van der Waals surface area (Å²) in [5.41, 5.74) is 19.7. The molecule has 2 aromatic carbocycles. The van der Waals surface area contributed by atoms with Crippen LogP contribution in [0.3, 0.4) is 0 Å². The van der Waals surface area contributed by atoms with Crippen molar-refractivity contribution in [1.82, 2.24) is 0 Å². The zero-order chi connectivity index (χ0) is 42.4. The van der Waals surface area contributed by atoms with Crippen molar-refractivity contribution in [3.8, 4) is 0 Å². The van der Waals surface area contributed by atoms with Gasteiger partial charge in [-0.15, -0.1) is 0 Å². The number of aryl methyl sites for hydroxylation is 2. The van der Waals surface area contributed by atoms with Crippen LogP contribution in [0.25, 0.3) is 16.9 Å². The van der Waals surface area contributed by atoms with E-state index < -0.39 is 0 Å². The number of benzene rings is 2. The fraction of sp³-hybridized carbons (Fsp3) is 0.714. The van der Waals surface area contributed by atoms with Crippen molar-refractivity contribution in [2.45, 2.75) is 257 Å². The molecule has 2 nitrogen and oxygen atoms in total. The quantitative estimate of drug-likeness (QED) is 0.0368. The average Bonchev–Trinajstić information content (AvgIpc) is 3.58. The van der Waals surface area contributed by atoms with Gasteiger partial charge in [-0.2, -0.15) is 0 Å². The summed E-state index contributed by atoms with van der Waals surface area (Å²) in [5, 5.41) is 0. The summed E-state index contributed by atoms with van der Waals surface area (Å²) in [6.45, 7) is 6.81. The summed E-state index contributed by atoms with van der Waals surface area (Å²) in [6.07, 6.45) is 50.4. The maximum absolute atomic E-state index is 11.6. The Labute approximate surface area is 374 Å². The molecule has 338 valence electrons.